The lowest BCUT2D eigenvalue weighted by Gasteiger charge is -2.12. The van der Waals surface area contributed by atoms with Gasteiger partial charge in [-0.15, -0.1) is 6.58 Å². The molecular formula is C14H18O2. The van der Waals surface area contributed by atoms with Crippen LogP contribution in [0, 0.1) is 5.92 Å². The highest BCUT2D eigenvalue weighted by atomic mass is 16.4. The third-order valence-electron chi connectivity index (χ3n) is 2.59. The first-order chi connectivity index (χ1) is 7.59. The van der Waals surface area contributed by atoms with E-state index in [-0.39, 0.29) is 5.92 Å². The van der Waals surface area contributed by atoms with Crippen LogP contribution in [0.15, 0.2) is 42.5 Å². The third kappa shape index (κ3) is 4.30. The number of aliphatic carboxylic acids is 1. The van der Waals surface area contributed by atoms with Crippen molar-refractivity contribution in [3.8, 4) is 0 Å². The highest BCUT2D eigenvalue weighted by molar-refractivity contribution is 5.70. The molecule has 1 unspecified atom stereocenters. The van der Waals surface area contributed by atoms with Crippen molar-refractivity contribution in [2.24, 2.45) is 5.92 Å². The number of hydrogen-bond acceptors (Lipinski definition) is 1. The van der Waals surface area contributed by atoms with Gasteiger partial charge in [0.2, 0.25) is 0 Å². The Morgan fingerprint density at radius 2 is 2.00 bits per heavy atom. The molecule has 0 saturated heterocycles. The van der Waals surface area contributed by atoms with Crippen LogP contribution in [0.25, 0.3) is 0 Å². The van der Waals surface area contributed by atoms with Gasteiger partial charge in [0.1, 0.15) is 0 Å². The zero-order valence-electron chi connectivity index (χ0n) is 9.65. The molecule has 0 aromatic heterocycles. The molecule has 0 amide bonds. The molecule has 2 heteroatoms. The van der Waals surface area contributed by atoms with E-state index in [9.17, 15) is 4.79 Å². The molecule has 1 aromatic rings. The molecule has 2 nitrogen and oxygen atoms in total. The average molecular weight is 218 g/mol. The molecule has 1 rings (SSSR count). The van der Waals surface area contributed by atoms with Gasteiger partial charge in [0, 0.05) is 0 Å². The van der Waals surface area contributed by atoms with Crippen molar-refractivity contribution in [1.29, 1.82) is 0 Å². The minimum Gasteiger partial charge on any atom is -0.481 e. The van der Waals surface area contributed by atoms with Crippen molar-refractivity contribution in [2.75, 3.05) is 0 Å². The fraction of sp³-hybridized carbons (Fsp3) is 0.357. The van der Waals surface area contributed by atoms with Gasteiger partial charge in [-0.05, 0) is 31.7 Å². The minimum atomic E-state index is -0.717. The van der Waals surface area contributed by atoms with Gasteiger partial charge in [-0.3, -0.25) is 4.79 Å². The molecule has 0 saturated carbocycles. The summed E-state index contributed by atoms with van der Waals surface area (Å²) in [6.07, 6.45) is 2.05. The van der Waals surface area contributed by atoms with Gasteiger partial charge < -0.3 is 5.11 Å². The van der Waals surface area contributed by atoms with Crippen molar-refractivity contribution in [3.05, 3.63) is 48.0 Å². The highest BCUT2D eigenvalue weighted by Crippen LogP contribution is 2.16. The summed E-state index contributed by atoms with van der Waals surface area (Å²) in [4.78, 5) is 11.1. The Kier molecular flexibility index (Phi) is 4.77. The second kappa shape index (κ2) is 6.11. The van der Waals surface area contributed by atoms with E-state index < -0.39 is 5.97 Å². The molecule has 16 heavy (non-hydrogen) atoms. The van der Waals surface area contributed by atoms with Gasteiger partial charge in [0.15, 0.2) is 0 Å². The van der Waals surface area contributed by atoms with E-state index in [2.05, 4.69) is 6.58 Å². The molecule has 0 spiro atoms. The third-order valence-corrected chi connectivity index (χ3v) is 2.59. The summed E-state index contributed by atoms with van der Waals surface area (Å²) in [6.45, 7) is 5.73. The summed E-state index contributed by atoms with van der Waals surface area (Å²) in [5.41, 5.74) is 2.12. The van der Waals surface area contributed by atoms with Gasteiger partial charge in [0.25, 0.3) is 0 Å². The lowest BCUT2D eigenvalue weighted by Crippen LogP contribution is -2.16. The molecule has 1 atom stereocenters. The quantitative estimate of drug-likeness (QED) is 0.744. The molecular weight excluding hydrogens is 200 g/mol. The molecule has 0 bridgehead atoms. The second-order valence-electron chi connectivity index (χ2n) is 4.22. The first-order valence-electron chi connectivity index (χ1n) is 5.50. The summed E-state index contributed by atoms with van der Waals surface area (Å²) >= 11 is 0. The van der Waals surface area contributed by atoms with E-state index in [4.69, 9.17) is 5.11 Å². The Labute approximate surface area is 96.6 Å². The summed E-state index contributed by atoms with van der Waals surface area (Å²) in [5.74, 6) is -1.02. The molecule has 0 fully saturated rings. The van der Waals surface area contributed by atoms with E-state index in [1.807, 2.05) is 37.3 Å². The van der Waals surface area contributed by atoms with Crippen LogP contribution in [0.1, 0.15) is 25.3 Å². The normalized spacial score (nSPS) is 12.1. The predicted molar refractivity (Wildman–Crippen MR) is 65.3 cm³/mol. The van der Waals surface area contributed by atoms with Crippen LogP contribution in [0.4, 0.5) is 0 Å². The van der Waals surface area contributed by atoms with Crippen molar-refractivity contribution in [2.45, 2.75) is 26.2 Å². The smallest absolute Gasteiger partial charge is 0.306 e. The van der Waals surface area contributed by atoms with Crippen molar-refractivity contribution >= 4 is 5.97 Å². The van der Waals surface area contributed by atoms with Gasteiger partial charge in [0.05, 0.1) is 5.92 Å². The Hall–Kier alpha value is -1.57. The molecule has 0 aliphatic carbocycles. The second-order valence-corrected chi connectivity index (χ2v) is 4.22. The van der Waals surface area contributed by atoms with Crippen LogP contribution in [0.5, 0.6) is 0 Å². The monoisotopic (exact) mass is 218 g/mol. The fourth-order valence-electron chi connectivity index (χ4n) is 1.63. The average Bonchev–Trinajstić information content (AvgIpc) is 2.25. The standard InChI is InChI=1S/C14H18O2/c1-11(2)8-9-13(14(15)16)10-12-6-4-3-5-7-12/h3-7,13H,1,8-10H2,2H3,(H,15,16). The van der Waals surface area contributed by atoms with Crippen molar-refractivity contribution in [1.82, 2.24) is 0 Å². The Balaban J connectivity index is 2.58. The van der Waals surface area contributed by atoms with E-state index in [1.54, 1.807) is 0 Å². The first-order valence-corrected chi connectivity index (χ1v) is 5.50. The number of carboxylic acid groups (broad SMARTS) is 1. The Morgan fingerprint density at radius 3 is 2.50 bits per heavy atom. The van der Waals surface area contributed by atoms with E-state index >= 15 is 0 Å². The van der Waals surface area contributed by atoms with Gasteiger partial charge >= 0.3 is 5.97 Å². The van der Waals surface area contributed by atoms with Crippen LogP contribution in [-0.2, 0) is 11.2 Å². The fourth-order valence-corrected chi connectivity index (χ4v) is 1.63. The number of carbonyl (C=O) groups is 1. The molecule has 0 aliphatic rings. The van der Waals surface area contributed by atoms with Crippen LogP contribution < -0.4 is 0 Å². The molecule has 0 aliphatic heterocycles. The largest absolute Gasteiger partial charge is 0.481 e. The lowest BCUT2D eigenvalue weighted by molar-refractivity contribution is -0.141. The molecule has 1 aromatic carbocycles. The number of hydrogen-bond donors (Lipinski definition) is 1. The maximum atomic E-state index is 11.1. The highest BCUT2D eigenvalue weighted by Gasteiger charge is 2.17. The topological polar surface area (TPSA) is 37.3 Å². The maximum Gasteiger partial charge on any atom is 0.306 e. The number of carboxylic acids is 1. The Morgan fingerprint density at radius 1 is 1.38 bits per heavy atom. The Bertz CT molecular complexity index is 354. The lowest BCUT2D eigenvalue weighted by atomic mass is 9.93. The van der Waals surface area contributed by atoms with Crippen LogP contribution >= 0.6 is 0 Å². The SMILES string of the molecule is C=C(C)CCC(Cc1ccccc1)C(=O)O. The predicted octanol–water partition coefficient (Wildman–Crippen LogP) is 3.29. The van der Waals surface area contributed by atoms with Crippen LogP contribution in [-0.4, -0.2) is 11.1 Å². The van der Waals surface area contributed by atoms with Gasteiger partial charge in [-0.2, -0.15) is 0 Å². The maximum absolute atomic E-state index is 11.1. The summed E-state index contributed by atoms with van der Waals surface area (Å²) in [5, 5.41) is 9.12. The molecule has 0 radical (unpaired) electrons. The van der Waals surface area contributed by atoms with Gasteiger partial charge in [-0.25, -0.2) is 0 Å². The minimum absolute atomic E-state index is 0.306. The zero-order chi connectivity index (χ0) is 12.0. The van der Waals surface area contributed by atoms with Crippen molar-refractivity contribution < 1.29 is 9.90 Å². The molecule has 1 N–H and O–H groups in total. The summed E-state index contributed by atoms with van der Waals surface area (Å²) in [7, 11) is 0. The summed E-state index contributed by atoms with van der Waals surface area (Å²) in [6, 6.07) is 9.75. The van der Waals surface area contributed by atoms with Crippen LogP contribution in [0.3, 0.4) is 0 Å². The number of benzene rings is 1. The number of allylic oxidation sites excluding steroid dienone is 1. The summed E-state index contributed by atoms with van der Waals surface area (Å²) < 4.78 is 0. The van der Waals surface area contributed by atoms with E-state index in [0.717, 1.165) is 17.6 Å². The molecule has 0 heterocycles. The van der Waals surface area contributed by atoms with E-state index in [1.165, 1.54) is 0 Å². The zero-order valence-corrected chi connectivity index (χ0v) is 9.65. The van der Waals surface area contributed by atoms with E-state index in [0.29, 0.717) is 12.8 Å². The number of rotatable bonds is 6. The van der Waals surface area contributed by atoms with Gasteiger partial charge in [-0.1, -0.05) is 35.9 Å². The van der Waals surface area contributed by atoms with Crippen molar-refractivity contribution in [3.63, 3.8) is 0 Å². The van der Waals surface area contributed by atoms with Crippen LogP contribution in [0.2, 0.25) is 0 Å². The molecule has 86 valence electrons. The first kappa shape index (κ1) is 12.5.